The van der Waals surface area contributed by atoms with E-state index in [1.807, 2.05) is 0 Å². The van der Waals surface area contributed by atoms with Crippen LogP contribution < -0.4 is 10.0 Å². The van der Waals surface area contributed by atoms with Crippen molar-refractivity contribution in [1.29, 1.82) is 0 Å². The van der Waals surface area contributed by atoms with Gasteiger partial charge in [-0.05, 0) is 53.7 Å². The summed E-state index contributed by atoms with van der Waals surface area (Å²) in [6.07, 6.45) is 0. The third kappa shape index (κ3) is 3.82. The summed E-state index contributed by atoms with van der Waals surface area (Å²) in [5, 5.41) is 2.97. The van der Waals surface area contributed by atoms with E-state index in [0.29, 0.717) is 15.9 Å². The maximum absolute atomic E-state index is 13.3. The van der Waals surface area contributed by atoms with Crippen LogP contribution in [0.3, 0.4) is 0 Å². The van der Waals surface area contributed by atoms with Crippen molar-refractivity contribution in [2.45, 2.75) is 18.4 Å². The van der Waals surface area contributed by atoms with Gasteiger partial charge in [0.25, 0.3) is 10.0 Å². The van der Waals surface area contributed by atoms with Gasteiger partial charge >= 0.3 is 0 Å². The van der Waals surface area contributed by atoms with Gasteiger partial charge in [0, 0.05) is 11.4 Å². The fourth-order valence-electron chi connectivity index (χ4n) is 1.75. The Balaban J connectivity index is 2.36. The number of nitrogens with one attached hydrogen (secondary N) is 2. The summed E-state index contributed by atoms with van der Waals surface area (Å²) >= 11 is 4.61. The molecule has 1 aromatic carbocycles. The third-order valence-electron chi connectivity index (χ3n) is 2.79. The third-order valence-corrected chi connectivity index (χ3v) is 6.41. The highest BCUT2D eigenvalue weighted by Gasteiger charge is 2.21. The van der Waals surface area contributed by atoms with Crippen molar-refractivity contribution in [2.75, 3.05) is 11.8 Å². The fourth-order valence-corrected chi connectivity index (χ4v) is 5.56. The molecule has 0 amide bonds. The Labute approximate surface area is 135 Å². The molecule has 2 aromatic rings. The Bertz CT molecular complexity index is 760. The summed E-state index contributed by atoms with van der Waals surface area (Å²) < 4.78 is 41.1. The second-order valence-corrected chi connectivity index (χ2v) is 8.55. The van der Waals surface area contributed by atoms with E-state index >= 15 is 0 Å². The zero-order valence-corrected chi connectivity index (χ0v) is 14.6. The molecule has 0 spiro atoms. The van der Waals surface area contributed by atoms with Crippen molar-refractivity contribution in [3.63, 3.8) is 0 Å². The van der Waals surface area contributed by atoms with Crippen LogP contribution in [-0.2, 0) is 16.6 Å². The molecule has 0 saturated carbocycles. The number of rotatable bonds is 5. The molecule has 0 atom stereocenters. The maximum atomic E-state index is 13.3. The van der Waals surface area contributed by atoms with Gasteiger partial charge in [-0.15, -0.1) is 11.3 Å². The van der Waals surface area contributed by atoms with Crippen LogP contribution in [0.15, 0.2) is 32.9 Å². The molecule has 0 bridgehead atoms. The van der Waals surface area contributed by atoms with Crippen LogP contribution in [0, 0.1) is 12.7 Å². The lowest BCUT2D eigenvalue weighted by Crippen LogP contribution is -2.13. The zero-order chi connectivity index (χ0) is 15.6. The van der Waals surface area contributed by atoms with Crippen LogP contribution in [0.25, 0.3) is 0 Å². The first-order valence-corrected chi connectivity index (χ1v) is 9.14. The summed E-state index contributed by atoms with van der Waals surface area (Å²) in [4.78, 5) is 1.04. The highest BCUT2D eigenvalue weighted by molar-refractivity contribution is 9.11. The predicted octanol–water partition coefficient (Wildman–Crippen LogP) is 3.48. The summed E-state index contributed by atoms with van der Waals surface area (Å²) in [6, 6.07) is 5.59. The van der Waals surface area contributed by atoms with Gasteiger partial charge in [-0.1, -0.05) is 6.07 Å². The minimum absolute atomic E-state index is 0.154. The molecule has 1 heterocycles. The number of benzene rings is 1. The van der Waals surface area contributed by atoms with Gasteiger partial charge < -0.3 is 5.32 Å². The van der Waals surface area contributed by atoms with Crippen molar-refractivity contribution < 1.29 is 12.8 Å². The minimum Gasteiger partial charge on any atom is -0.315 e. The van der Waals surface area contributed by atoms with Crippen LogP contribution in [0.2, 0.25) is 0 Å². The Morgan fingerprint density at radius 1 is 1.33 bits per heavy atom. The Hall–Kier alpha value is -0.960. The molecule has 21 heavy (non-hydrogen) atoms. The Morgan fingerprint density at radius 3 is 2.71 bits per heavy atom. The quantitative estimate of drug-likeness (QED) is 0.818. The number of halogens is 2. The highest BCUT2D eigenvalue weighted by Crippen LogP contribution is 2.33. The monoisotopic (exact) mass is 392 g/mol. The van der Waals surface area contributed by atoms with Gasteiger partial charge in [0.2, 0.25) is 0 Å². The van der Waals surface area contributed by atoms with Crippen LogP contribution >= 0.6 is 27.3 Å². The SMILES string of the molecule is CNCc1cc(S(=O)(=O)Nc2cc(F)ccc2C)c(Br)s1. The van der Waals surface area contributed by atoms with E-state index in [1.54, 1.807) is 20.0 Å². The zero-order valence-electron chi connectivity index (χ0n) is 11.4. The molecule has 0 saturated heterocycles. The number of aryl methyl sites for hydroxylation is 1. The number of hydrogen-bond acceptors (Lipinski definition) is 4. The van der Waals surface area contributed by atoms with Crippen LogP contribution in [-0.4, -0.2) is 15.5 Å². The molecule has 0 aliphatic rings. The van der Waals surface area contributed by atoms with E-state index in [4.69, 9.17) is 0 Å². The van der Waals surface area contributed by atoms with Crippen LogP contribution in [0.5, 0.6) is 0 Å². The molecule has 8 heteroatoms. The molecule has 0 aliphatic carbocycles. The molecular weight excluding hydrogens is 379 g/mol. The molecule has 2 rings (SSSR count). The van der Waals surface area contributed by atoms with E-state index in [0.717, 1.165) is 4.88 Å². The fraction of sp³-hybridized carbons (Fsp3) is 0.231. The smallest absolute Gasteiger partial charge is 0.263 e. The number of hydrogen-bond donors (Lipinski definition) is 2. The largest absolute Gasteiger partial charge is 0.315 e. The van der Waals surface area contributed by atoms with Gasteiger partial charge in [0.15, 0.2) is 0 Å². The second-order valence-electron chi connectivity index (χ2n) is 4.45. The number of sulfonamides is 1. The molecule has 0 aliphatic heterocycles. The van der Waals surface area contributed by atoms with Crippen molar-refractivity contribution in [1.82, 2.24) is 5.32 Å². The van der Waals surface area contributed by atoms with Crippen LogP contribution in [0.1, 0.15) is 10.4 Å². The molecule has 2 N–H and O–H groups in total. The Morgan fingerprint density at radius 2 is 2.05 bits per heavy atom. The molecule has 0 radical (unpaired) electrons. The molecule has 1 aromatic heterocycles. The highest BCUT2D eigenvalue weighted by atomic mass is 79.9. The van der Waals surface area contributed by atoms with E-state index in [1.165, 1.54) is 29.5 Å². The lowest BCUT2D eigenvalue weighted by molar-refractivity contribution is 0.601. The van der Waals surface area contributed by atoms with Gasteiger partial charge in [-0.2, -0.15) is 0 Å². The summed E-state index contributed by atoms with van der Waals surface area (Å²) in [5.41, 5.74) is 0.894. The van der Waals surface area contributed by atoms with Gasteiger partial charge in [-0.3, -0.25) is 4.72 Å². The molecule has 0 unspecified atom stereocenters. The van der Waals surface area contributed by atoms with E-state index in [2.05, 4.69) is 26.0 Å². The van der Waals surface area contributed by atoms with E-state index < -0.39 is 15.8 Å². The molecule has 114 valence electrons. The van der Waals surface area contributed by atoms with Gasteiger partial charge in [0.05, 0.1) is 9.47 Å². The summed E-state index contributed by atoms with van der Waals surface area (Å²) in [5.74, 6) is -0.487. The normalized spacial score (nSPS) is 11.6. The van der Waals surface area contributed by atoms with Crippen molar-refractivity contribution in [2.24, 2.45) is 0 Å². The number of thiophene rings is 1. The summed E-state index contributed by atoms with van der Waals surface area (Å²) in [7, 11) is -1.97. The Kier molecular flexibility index (Phi) is 5.03. The van der Waals surface area contributed by atoms with Crippen LogP contribution in [0.4, 0.5) is 10.1 Å². The molecule has 0 fully saturated rings. The first-order valence-electron chi connectivity index (χ1n) is 6.05. The average Bonchev–Trinajstić information content (AvgIpc) is 2.76. The topological polar surface area (TPSA) is 58.2 Å². The first-order chi connectivity index (χ1) is 9.83. The molecule has 4 nitrogen and oxygen atoms in total. The molecular formula is C13H14BrFN2O2S2. The second kappa shape index (κ2) is 6.43. The van der Waals surface area contributed by atoms with Crippen molar-refractivity contribution in [3.05, 3.63) is 44.3 Å². The van der Waals surface area contributed by atoms with E-state index in [9.17, 15) is 12.8 Å². The first kappa shape index (κ1) is 16.4. The average molecular weight is 393 g/mol. The predicted molar refractivity (Wildman–Crippen MR) is 86.7 cm³/mol. The maximum Gasteiger partial charge on any atom is 0.263 e. The van der Waals surface area contributed by atoms with E-state index in [-0.39, 0.29) is 10.6 Å². The van der Waals surface area contributed by atoms with Crippen molar-refractivity contribution in [3.8, 4) is 0 Å². The van der Waals surface area contributed by atoms with Gasteiger partial charge in [0.1, 0.15) is 10.7 Å². The number of anilines is 1. The lowest BCUT2D eigenvalue weighted by Gasteiger charge is -2.10. The summed E-state index contributed by atoms with van der Waals surface area (Å²) in [6.45, 7) is 2.30. The van der Waals surface area contributed by atoms with Gasteiger partial charge in [-0.25, -0.2) is 12.8 Å². The standard InChI is InChI=1S/C13H14BrFN2O2S2/c1-8-3-4-9(15)5-11(8)17-21(18,19)12-6-10(7-16-2)20-13(12)14/h3-6,16-17H,7H2,1-2H3. The lowest BCUT2D eigenvalue weighted by atomic mass is 10.2. The van der Waals surface area contributed by atoms with Crippen molar-refractivity contribution >= 4 is 43.0 Å². The minimum atomic E-state index is -3.76.